The number of hydrogen-bond donors (Lipinski definition) is 0. The summed E-state index contributed by atoms with van der Waals surface area (Å²) in [5.41, 5.74) is 16.0. The van der Waals surface area contributed by atoms with Crippen molar-refractivity contribution in [2.45, 2.75) is 20.8 Å². The van der Waals surface area contributed by atoms with Crippen LogP contribution in [0.4, 0.5) is 34.1 Å². The van der Waals surface area contributed by atoms with Gasteiger partial charge in [0.25, 0.3) is 0 Å². The van der Waals surface area contributed by atoms with Gasteiger partial charge in [-0.15, -0.1) is 0 Å². The van der Waals surface area contributed by atoms with Gasteiger partial charge in [0.05, 0.1) is 73.5 Å². The van der Waals surface area contributed by atoms with Crippen molar-refractivity contribution < 1.29 is 18.9 Å². The lowest BCUT2D eigenvalue weighted by atomic mass is 9.83. The maximum atomic E-state index is 5.53. The van der Waals surface area contributed by atoms with Gasteiger partial charge >= 0.3 is 0 Å². The molecule has 278 valence electrons. The summed E-state index contributed by atoms with van der Waals surface area (Å²) in [5.74, 6) is 4.46. The highest BCUT2D eigenvalue weighted by atomic mass is 16.5. The molecule has 8 rings (SSSR count). The maximum Gasteiger partial charge on any atom is 0.119 e. The topological polar surface area (TPSA) is 43.4 Å². The molecule has 7 aromatic rings. The minimum atomic E-state index is 0.808. The fourth-order valence-corrected chi connectivity index (χ4v) is 8.03. The summed E-state index contributed by atoms with van der Waals surface area (Å²) in [6, 6.07) is 51.1. The minimum Gasteiger partial charge on any atom is -0.497 e. The Morgan fingerprint density at radius 2 is 0.643 bits per heavy atom. The van der Waals surface area contributed by atoms with Crippen LogP contribution in [-0.2, 0) is 0 Å². The molecule has 7 aromatic carbocycles. The fraction of sp³-hybridized carbons (Fsp3) is 0.140. The molecule has 0 N–H and O–H groups in total. The molecule has 6 heteroatoms. The molecule has 0 fully saturated rings. The first kappa shape index (κ1) is 36.2. The van der Waals surface area contributed by atoms with Crippen molar-refractivity contribution in [3.63, 3.8) is 0 Å². The Labute approximate surface area is 330 Å². The fourth-order valence-electron chi connectivity index (χ4n) is 8.03. The van der Waals surface area contributed by atoms with Crippen molar-refractivity contribution in [3.8, 4) is 34.1 Å². The average molecular weight is 738 g/mol. The van der Waals surface area contributed by atoms with E-state index in [1.54, 1.807) is 28.4 Å². The van der Waals surface area contributed by atoms with Crippen LogP contribution in [0, 0.1) is 26.7 Å². The van der Waals surface area contributed by atoms with E-state index in [0.717, 1.165) is 57.1 Å². The number of benzene rings is 7. The number of fused-ring (bicyclic) bond motifs is 3. The zero-order chi connectivity index (χ0) is 38.9. The molecule has 0 atom stereocenters. The van der Waals surface area contributed by atoms with Gasteiger partial charge < -0.3 is 28.7 Å². The molecule has 56 heavy (non-hydrogen) atoms. The molecule has 0 bridgehead atoms. The summed E-state index contributed by atoms with van der Waals surface area (Å²) in [6.07, 6.45) is 0. The molecule has 0 aromatic heterocycles. The first-order valence-corrected chi connectivity index (χ1v) is 18.7. The molecule has 0 radical (unpaired) electrons. The maximum absolute atomic E-state index is 5.53. The zero-order valence-corrected chi connectivity index (χ0v) is 32.9. The molecule has 1 aliphatic carbocycles. The van der Waals surface area contributed by atoms with Gasteiger partial charge in [0.2, 0.25) is 0 Å². The van der Waals surface area contributed by atoms with Crippen LogP contribution in [0.1, 0.15) is 33.4 Å². The highest BCUT2D eigenvalue weighted by Crippen LogP contribution is 2.53. The monoisotopic (exact) mass is 737 g/mol. The van der Waals surface area contributed by atoms with E-state index >= 15 is 0 Å². The van der Waals surface area contributed by atoms with Crippen molar-refractivity contribution in [3.05, 3.63) is 185 Å². The first-order chi connectivity index (χ1) is 27.3. The van der Waals surface area contributed by atoms with E-state index in [0.29, 0.717) is 0 Å². The second kappa shape index (κ2) is 15.2. The standard InChI is InChI=1S/C50H45N2O4/c1-32-28-33(2)49(34(3)29-32)50-47-30-39(51(35-8-18-41(53-4)19-9-35)36-10-20-42(54-5)21-11-36)16-26-45(47)46-27-17-40(31-48(46)50)52(37-12-22-43(55-6)23-13-37)38-14-24-44(56-7)25-15-38/h8-31H,1-7H3/q+1. The van der Waals surface area contributed by atoms with Crippen LogP contribution < -0.4 is 28.7 Å². The van der Waals surface area contributed by atoms with Crippen LogP contribution in [0.2, 0.25) is 0 Å². The second-order valence-corrected chi connectivity index (χ2v) is 14.1. The third kappa shape index (κ3) is 6.64. The lowest BCUT2D eigenvalue weighted by Crippen LogP contribution is -2.12. The summed E-state index contributed by atoms with van der Waals surface area (Å²) in [6.45, 7) is 6.63. The number of rotatable bonds is 11. The van der Waals surface area contributed by atoms with Gasteiger partial charge in [-0.3, -0.25) is 0 Å². The Hall–Kier alpha value is -6.79. The molecule has 0 saturated heterocycles. The SMILES string of the molecule is COc1ccc(N(c2ccc(OC)cc2)c2ccc3c(c2)[C+](c2c(C)cc(C)cc2C)c2cc(N(c4ccc(OC)cc4)c4ccc(OC)cc4)ccc2-3)cc1. The number of ether oxygens (including phenoxy) is 4. The summed E-state index contributed by atoms with van der Waals surface area (Å²) in [7, 11) is 6.78. The number of hydrogen-bond acceptors (Lipinski definition) is 6. The molecule has 0 unspecified atom stereocenters. The number of methoxy groups -OCH3 is 4. The van der Waals surface area contributed by atoms with E-state index in [1.807, 2.05) is 48.5 Å². The Balaban J connectivity index is 1.32. The van der Waals surface area contributed by atoms with Crippen LogP contribution in [0.15, 0.2) is 146 Å². The van der Waals surface area contributed by atoms with Crippen molar-refractivity contribution in [2.75, 3.05) is 38.2 Å². The second-order valence-electron chi connectivity index (χ2n) is 14.1. The first-order valence-electron chi connectivity index (χ1n) is 18.7. The van der Waals surface area contributed by atoms with E-state index in [4.69, 9.17) is 18.9 Å². The van der Waals surface area contributed by atoms with Gasteiger partial charge in [0.15, 0.2) is 0 Å². The molecule has 0 aliphatic heterocycles. The van der Waals surface area contributed by atoms with Crippen molar-refractivity contribution in [1.29, 1.82) is 0 Å². The van der Waals surface area contributed by atoms with Crippen molar-refractivity contribution in [2.24, 2.45) is 0 Å². The molecule has 6 nitrogen and oxygen atoms in total. The molecule has 0 spiro atoms. The van der Waals surface area contributed by atoms with Gasteiger partial charge in [0, 0.05) is 46.0 Å². The third-order valence-electron chi connectivity index (χ3n) is 10.6. The highest BCUT2D eigenvalue weighted by Gasteiger charge is 2.40. The van der Waals surface area contributed by atoms with Gasteiger partial charge in [-0.05, 0) is 160 Å². The van der Waals surface area contributed by atoms with E-state index in [-0.39, 0.29) is 0 Å². The largest absolute Gasteiger partial charge is 0.497 e. The predicted octanol–water partition coefficient (Wildman–Crippen LogP) is 12.6. The normalized spacial score (nSPS) is 11.4. The summed E-state index contributed by atoms with van der Waals surface area (Å²) < 4.78 is 22.1. The van der Waals surface area contributed by atoms with Crippen LogP contribution in [0.3, 0.4) is 0 Å². The van der Waals surface area contributed by atoms with E-state index in [9.17, 15) is 0 Å². The summed E-state index contributed by atoms with van der Waals surface area (Å²) in [4.78, 5) is 4.57. The van der Waals surface area contributed by atoms with E-state index in [1.165, 1.54) is 50.4 Å². The van der Waals surface area contributed by atoms with E-state index in [2.05, 4.69) is 128 Å². The van der Waals surface area contributed by atoms with Crippen LogP contribution in [-0.4, -0.2) is 28.4 Å². The van der Waals surface area contributed by atoms with Crippen molar-refractivity contribution in [1.82, 2.24) is 0 Å². The Kier molecular flexibility index (Phi) is 9.79. The smallest absolute Gasteiger partial charge is 0.119 e. The number of nitrogens with zero attached hydrogens (tertiary/aromatic N) is 2. The Bertz CT molecular complexity index is 2230. The van der Waals surface area contributed by atoms with Crippen LogP contribution in [0.5, 0.6) is 23.0 Å². The molecule has 0 heterocycles. The zero-order valence-electron chi connectivity index (χ0n) is 32.9. The molecule has 0 saturated carbocycles. The quantitative estimate of drug-likeness (QED) is 0.123. The molecule has 0 amide bonds. The minimum absolute atomic E-state index is 0.808. The predicted molar refractivity (Wildman–Crippen MR) is 229 cm³/mol. The summed E-state index contributed by atoms with van der Waals surface area (Å²) >= 11 is 0. The third-order valence-corrected chi connectivity index (χ3v) is 10.6. The lowest BCUT2D eigenvalue weighted by Gasteiger charge is -2.26. The summed E-state index contributed by atoms with van der Waals surface area (Å²) in [5, 5.41) is 0. The molecular weight excluding hydrogens is 693 g/mol. The van der Waals surface area contributed by atoms with Crippen LogP contribution in [0.25, 0.3) is 11.1 Å². The van der Waals surface area contributed by atoms with Crippen LogP contribution >= 0.6 is 0 Å². The van der Waals surface area contributed by atoms with Gasteiger partial charge in [-0.2, -0.15) is 0 Å². The number of aryl methyl sites for hydroxylation is 3. The van der Waals surface area contributed by atoms with Crippen molar-refractivity contribution >= 4 is 34.1 Å². The lowest BCUT2D eigenvalue weighted by molar-refractivity contribution is 0.414. The van der Waals surface area contributed by atoms with Gasteiger partial charge in [-0.25, -0.2) is 0 Å². The molecular formula is C50H45N2O4+. The van der Waals surface area contributed by atoms with Gasteiger partial charge in [-0.1, -0.05) is 0 Å². The Morgan fingerprint density at radius 1 is 0.357 bits per heavy atom. The molecule has 1 aliphatic rings. The Morgan fingerprint density at radius 3 is 0.929 bits per heavy atom. The highest BCUT2D eigenvalue weighted by molar-refractivity contribution is 5.93. The van der Waals surface area contributed by atoms with Gasteiger partial charge in [0.1, 0.15) is 23.0 Å². The average Bonchev–Trinajstić information content (AvgIpc) is 3.54. The number of anilines is 6. The van der Waals surface area contributed by atoms with E-state index < -0.39 is 0 Å².